The third kappa shape index (κ3) is 4.67. The standard InChI is InChI=1S/C17H19BrN4O3/c18-15-3-1-2-13(8-15)10-20-4-6-21(7-5-20)16(23)12-22-11-14(9-19-22)17(24)25/h1-3,8-9,11H,4-7,10,12H2,(H,24,25). The van der Waals surface area contributed by atoms with E-state index < -0.39 is 5.97 Å². The van der Waals surface area contributed by atoms with Gasteiger partial charge in [0.2, 0.25) is 5.91 Å². The monoisotopic (exact) mass is 406 g/mol. The summed E-state index contributed by atoms with van der Waals surface area (Å²) in [7, 11) is 0. The van der Waals surface area contributed by atoms with E-state index in [0.29, 0.717) is 13.1 Å². The van der Waals surface area contributed by atoms with Crippen LogP contribution in [0, 0.1) is 0 Å². The lowest BCUT2D eigenvalue weighted by Gasteiger charge is -2.34. The molecule has 1 aliphatic heterocycles. The Balaban J connectivity index is 1.49. The number of piperazine rings is 1. The number of hydrogen-bond acceptors (Lipinski definition) is 4. The highest BCUT2D eigenvalue weighted by Gasteiger charge is 2.21. The maximum atomic E-state index is 12.3. The fourth-order valence-corrected chi connectivity index (χ4v) is 3.29. The Hall–Kier alpha value is -2.19. The number of carboxylic acids is 1. The highest BCUT2D eigenvalue weighted by molar-refractivity contribution is 9.10. The van der Waals surface area contributed by atoms with Crippen LogP contribution in [0.5, 0.6) is 0 Å². The first-order valence-corrected chi connectivity index (χ1v) is 8.81. The lowest BCUT2D eigenvalue weighted by molar-refractivity contribution is -0.133. The Labute approximate surface area is 154 Å². The van der Waals surface area contributed by atoms with Crippen molar-refractivity contribution in [2.75, 3.05) is 26.2 Å². The minimum atomic E-state index is -1.04. The van der Waals surface area contributed by atoms with Crippen molar-refractivity contribution in [2.24, 2.45) is 0 Å². The van der Waals surface area contributed by atoms with Crippen LogP contribution in [0.1, 0.15) is 15.9 Å². The molecule has 3 rings (SSSR count). The van der Waals surface area contributed by atoms with Crippen LogP contribution in [-0.2, 0) is 17.9 Å². The molecule has 0 aliphatic carbocycles. The van der Waals surface area contributed by atoms with E-state index in [-0.39, 0.29) is 18.0 Å². The number of carboxylic acid groups (broad SMARTS) is 1. The van der Waals surface area contributed by atoms with Gasteiger partial charge in [-0.3, -0.25) is 14.4 Å². The maximum absolute atomic E-state index is 12.3. The molecule has 2 heterocycles. The zero-order valence-electron chi connectivity index (χ0n) is 13.6. The van der Waals surface area contributed by atoms with Crippen LogP contribution in [-0.4, -0.2) is 62.7 Å². The molecule has 132 valence electrons. The molecule has 2 aromatic rings. The van der Waals surface area contributed by atoms with Gasteiger partial charge in [-0.15, -0.1) is 0 Å². The van der Waals surface area contributed by atoms with Crippen molar-refractivity contribution >= 4 is 27.8 Å². The van der Waals surface area contributed by atoms with Gasteiger partial charge in [-0.25, -0.2) is 4.79 Å². The van der Waals surface area contributed by atoms with Crippen LogP contribution in [0.15, 0.2) is 41.1 Å². The molecule has 8 heteroatoms. The molecular formula is C17H19BrN4O3. The molecule has 1 aromatic carbocycles. The van der Waals surface area contributed by atoms with E-state index in [2.05, 4.69) is 38.1 Å². The van der Waals surface area contributed by atoms with E-state index in [9.17, 15) is 9.59 Å². The van der Waals surface area contributed by atoms with E-state index in [1.165, 1.54) is 22.6 Å². The van der Waals surface area contributed by atoms with Gasteiger partial charge in [0, 0.05) is 43.4 Å². The molecule has 1 amide bonds. The second-order valence-electron chi connectivity index (χ2n) is 6.02. The summed E-state index contributed by atoms with van der Waals surface area (Å²) >= 11 is 3.48. The van der Waals surface area contributed by atoms with Crippen LogP contribution in [0.4, 0.5) is 0 Å². The molecule has 0 bridgehead atoms. The van der Waals surface area contributed by atoms with E-state index in [1.807, 2.05) is 12.1 Å². The number of rotatable bonds is 5. The summed E-state index contributed by atoms with van der Waals surface area (Å²) in [5, 5.41) is 12.8. The van der Waals surface area contributed by atoms with Gasteiger partial charge in [-0.1, -0.05) is 28.1 Å². The van der Waals surface area contributed by atoms with Gasteiger partial charge in [0.25, 0.3) is 0 Å². The van der Waals surface area contributed by atoms with Gasteiger partial charge >= 0.3 is 5.97 Å². The van der Waals surface area contributed by atoms with Crippen molar-refractivity contribution in [3.63, 3.8) is 0 Å². The number of carbonyl (C=O) groups excluding carboxylic acids is 1. The molecule has 0 unspecified atom stereocenters. The van der Waals surface area contributed by atoms with Crippen LogP contribution in [0.25, 0.3) is 0 Å². The van der Waals surface area contributed by atoms with Crippen LogP contribution in [0.3, 0.4) is 0 Å². The molecule has 25 heavy (non-hydrogen) atoms. The lowest BCUT2D eigenvalue weighted by atomic mass is 10.2. The summed E-state index contributed by atoms with van der Waals surface area (Å²) in [6.07, 6.45) is 2.63. The van der Waals surface area contributed by atoms with Crippen LogP contribution in [0.2, 0.25) is 0 Å². The van der Waals surface area contributed by atoms with Crippen molar-refractivity contribution in [1.82, 2.24) is 19.6 Å². The Morgan fingerprint density at radius 1 is 1.20 bits per heavy atom. The molecule has 1 saturated heterocycles. The molecule has 0 radical (unpaired) electrons. The van der Waals surface area contributed by atoms with E-state index in [1.54, 1.807) is 4.90 Å². The number of carbonyl (C=O) groups is 2. The number of benzene rings is 1. The van der Waals surface area contributed by atoms with Crippen LogP contribution < -0.4 is 0 Å². The number of nitrogens with zero attached hydrogens (tertiary/aromatic N) is 4. The molecule has 1 fully saturated rings. The van der Waals surface area contributed by atoms with Gasteiger partial charge in [-0.05, 0) is 17.7 Å². The first-order valence-electron chi connectivity index (χ1n) is 8.01. The zero-order valence-corrected chi connectivity index (χ0v) is 15.2. The molecule has 0 saturated carbocycles. The number of aromatic nitrogens is 2. The highest BCUT2D eigenvalue weighted by Crippen LogP contribution is 2.14. The highest BCUT2D eigenvalue weighted by atomic mass is 79.9. The summed E-state index contributed by atoms with van der Waals surface area (Å²) in [5.74, 6) is -1.08. The summed E-state index contributed by atoms with van der Waals surface area (Å²) in [6, 6.07) is 8.23. The maximum Gasteiger partial charge on any atom is 0.338 e. The van der Waals surface area contributed by atoms with Gasteiger partial charge in [0.05, 0.1) is 11.8 Å². The zero-order chi connectivity index (χ0) is 17.8. The van der Waals surface area contributed by atoms with Gasteiger partial charge in [0.1, 0.15) is 6.54 Å². The largest absolute Gasteiger partial charge is 0.478 e. The smallest absolute Gasteiger partial charge is 0.338 e. The first-order chi connectivity index (χ1) is 12.0. The molecule has 1 aromatic heterocycles. The fraction of sp³-hybridized carbons (Fsp3) is 0.353. The molecule has 1 N–H and O–H groups in total. The Morgan fingerprint density at radius 2 is 1.96 bits per heavy atom. The van der Waals surface area contributed by atoms with Gasteiger partial charge in [-0.2, -0.15) is 5.10 Å². The Bertz CT molecular complexity index is 769. The topological polar surface area (TPSA) is 78.7 Å². The van der Waals surface area contributed by atoms with E-state index in [4.69, 9.17) is 5.11 Å². The minimum absolute atomic E-state index is 0.0397. The summed E-state index contributed by atoms with van der Waals surface area (Å²) in [4.78, 5) is 27.3. The van der Waals surface area contributed by atoms with E-state index >= 15 is 0 Å². The van der Waals surface area contributed by atoms with Crippen LogP contribution >= 0.6 is 15.9 Å². The molecule has 7 nitrogen and oxygen atoms in total. The molecule has 1 aliphatic rings. The lowest BCUT2D eigenvalue weighted by Crippen LogP contribution is -2.49. The Morgan fingerprint density at radius 3 is 2.60 bits per heavy atom. The minimum Gasteiger partial charge on any atom is -0.478 e. The van der Waals surface area contributed by atoms with E-state index in [0.717, 1.165) is 24.1 Å². The van der Waals surface area contributed by atoms with Gasteiger partial charge < -0.3 is 10.0 Å². The number of halogens is 1. The average molecular weight is 407 g/mol. The summed E-state index contributed by atoms with van der Waals surface area (Å²) in [5.41, 5.74) is 1.33. The third-order valence-corrected chi connectivity index (χ3v) is 4.69. The Kier molecular flexibility index (Phi) is 5.50. The second-order valence-corrected chi connectivity index (χ2v) is 6.93. The second kappa shape index (κ2) is 7.79. The van der Waals surface area contributed by atoms with Crippen molar-refractivity contribution in [2.45, 2.75) is 13.1 Å². The molecular weight excluding hydrogens is 388 g/mol. The summed E-state index contributed by atoms with van der Waals surface area (Å²) in [6.45, 7) is 3.90. The molecule has 0 spiro atoms. The number of aromatic carboxylic acids is 1. The van der Waals surface area contributed by atoms with Crippen molar-refractivity contribution < 1.29 is 14.7 Å². The predicted octanol–water partition coefficient (Wildman–Crippen LogP) is 1.69. The average Bonchev–Trinajstić information content (AvgIpc) is 3.04. The third-order valence-electron chi connectivity index (χ3n) is 4.20. The first kappa shape index (κ1) is 17.6. The van der Waals surface area contributed by atoms with Gasteiger partial charge in [0.15, 0.2) is 0 Å². The summed E-state index contributed by atoms with van der Waals surface area (Å²) < 4.78 is 2.44. The fourth-order valence-electron chi connectivity index (χ4n) is 2.85. The quantitative estimate of drug-likeness (QED) is 0.816. The van der Waals surface area contributed by atoms with Crippen molar-refractivity contribution in [3.8, 4) is 0 Å². The number of amides is 1. The molecule has 0 atom stereocenters. The van der Waals surface area contributed by atoms with Crippen molar-refractivity contribution in [1.29, 1.82) is 0 Å². The normalized spacial score (nSPS) is 15.3. The van der Waals surface area contributed by atoms with Crippen molar-refractivity contribution in [3.05, 3.63) is 52.3 Å². The predicted molar refractivity (Wildman–Crippen MR) is 95.2 cm³/mol. The number of hydrogen-bond donors (Lipinski definition) is 1. The SMILES string of the molecule is O=C(O)c1cnn(CC(=O)N2CCN(Cc3cccc(Br)c3)CC2)c1.